The number of furan rings is 1. The summed E-state index contributed by atoms with van der Waals surface area (Å²) in [5.74, 6) is 2.78. The van der Waals surface area contributed by atoms with Gasteiger partial charge in [-0.1, -0.05) is 60.7 Å². The van der Waals surface area contributed by atoms with Crippen molar-refractivity contribution < 1.29 is 13.9 Å². The molecule has 0 saturated heterocycles. The highest BCUT2D eigenvalue weighted by Crippen LogP contribution is 2.49. The average molecular weight is 609 g/mol. The van der Waals surface area contributed by atoms with Crippen LogP contribution in [-0.4, -0.2) is 4.57 Å². The molecule has 0 bridgehead atoms. The number of benzene rings is 6. The Balaban J connectivity index is 1.18. The van der Waals surface area contributed by atoms with Gasteiger partial charge in [-0.05, 0) is 85.6 Å². The minimum Gasteiger partial charge on any atom is -0.456 e. The maximum absolute atomic E-state index is 6.36. The fourth-order valence-electron chi connectivity index (χ4n) is 7.18. The third kappa shape index (κ3) is 4.10. The van der Waals surface area contributed by atoms with Crippen LogP contribution in [0.2, 0.25) is 0 Å². The highest BCUT2D eigenvalue weighted by Gasteiger charge is 2.24. The summed E-state index contributed by atoms with van der Waals surface area (Å²) >= 11 is 0. The third-order valence-corrected chi connectivity index (χ3v) is 9.29. The number of fused-ring (bicyclic) bond motifs is 8. The second-order valence-electron chi connectivity index (χ2n) is 12.1. The zero-order chi connectivity index (χ0) is 30.9. The number of rotatable bonds is 4. The van der Waals surface area contributed by atoms with E-state index in [9.17, 15) is 0 Å². The molecule has 0 unspecified atom stereocenters. The van der Waals surface area contributed by atoms with E-state index < -0.39 is 0 Å². The quantitative estimate of drug-likeness (QED) is 0.199. The molecule has 0 fully saturated rings. The van der Waals surface area contributed by atoms with Crippen LogP contribution in [0.3, 0.4) is 0 Å². The van der Waals surface area contributed by atoms with E-state index in [-0.39, 0.29) is 0 Å². The van der Waals surface area contributed by atoms with Gasteiger partial charge in [-0.2, -0.15) is 0 Å². The van der Waals surface area contributed by atoms with Crippen LogP contribution in [0.15, 0.2) is 144 Å². The number of nitrogens with zero attached hydrogens (tertiary/aromatic N) is 2. The Morgan fingerprint density at radius 2 is 1.21 bits per heavy atom. The number of ether oxygens (including phenoxy) is 2. The molecule has 1 aliphatic heterocycles. The fourth-order valence-corrected chi connectivity index (χ4v) is 7.18. The second-order valence-corrected chi connectivity index (χ2v) is 12.1. The van der Waals surface area contributed by atoms with E-state index in [4.69, 9.17) is 13.9 Å². The minimum atomic E-state index is 0.674. The van der Waals surface area contributed by atoms with Gasteiger partial charge in [-0.25, -0.2) is 0 Å². The zero-order valence-corrected chi connectivity index (χ0v) is 25.4. The monoisotopic (exact) mass is 608 g/mol. The van der Waals surface area contributed by atoms with Crippen LogP contribution in [0, 0.1) is 0 Å². The third-order valence-electron chi connectivity index (χ3n) is 9.29. The first-order valence-electron chi connectivity index (χ1n) is 16.0. The van der Waals surface area contributed by atoms with Gasteiger partial charge in [0.25, 0.3) is 0 Å². The van der Waals surface area contributed by atoms with Crippen LogP contribution in [0.4, 0.5) is 17.1 Å². The van der Waals surface area contributed by atoms with E-state index in [1.54, 1.807) is 0 Å². The van der Waals surface area contributed by atoms with Crippen molar-refractivity contribution in [1.29, 1.82) is 0 Å². The van der Waals surface area contributed by atoms with Crippen LogP contribution < -0.4 is 14.4 Å². The number of aromatic nitrogens is 1. The lowest BCUT2D eigenvalue weighted by Crippen LogP contribution is -2.10. The summed E-state index contributed by atoms with van der Waals surface area (Å²) in [6.45, 7) is 0. The molecular weight excluding hydrogens is 580 g/mol. The molecule has 10 rings (SSSR count). The number of para-hydroxylation sites is 4. The van der Waals surface area contributed by atoms with E-state index in [1.165, 1.54) is 27.8 Å². The van der Waals surface area contributed by atoms with Crippen molar-refractivity contribution in [2.24, 2.45) is 0 Å². The van der Waals surface area contributed by atoms with Gasteiger partial charge in [0.1, 0.15) is 11.2 Å². The molecule has 0 radical (unpaired) electrons. The Bertz CT molecular complexity index is 2540. The number of hydrogen-bond acceptors (Lipinski definition) is 4. The molecule has 5 heteroatoms. The lowest BCUT2D eigenvalue weighted by molar-refractivity contribution is 0.360. The minimum absolute atomic E-state index is 0.674. The van der Waals surface area contributed by atoms with Crippen molar-refractivity contribution in [2.45, 2.75) is 12.8 Å². The number of allylic oxidation sites excluding steroid dienone is 1. The summed E-state index contributed by atoms with van der Waals surface area (Å²) in [5, 5.41) is 3.43. The average Bonchev–Trinajstić information content (AvgIpc) is 3.66. The summed E-state index contributed by atoms with van der Waals surface area (Å²) in [4.78, 5) is 2.27. The predicted molar refractivity (Wildman–Crippen MR) is 189 cm³/mol. The first-order chi connectivity index (χ1) is 23.3. The standard InChI is InChI=1S/C42H28N2O3/c1-2-10-27(11-3-1)44-35-14-6-4-12-31(35)34-24-28(19-22-36(34)44)43(29-18-21-33-32-13-5-7-15-37(32)45-41(33)25-29)30-20-23-40-42(26-30)47-39-17-9-8-16-38(39)46-40/h1-5,7-13,15-26H,6,14H2. The van der Waals surface area contributed by atoms with Crippen molar-refractivity contribution in [3.05, 3.63) is 151 Å². The molecule has 0 N–H and O–H groups in total. The Kier molecular flexibility index (Phi) is 5.63. The van der Waals surface area contributed by atoms with E-state index in [2.05, 4.69) is 113 Å². The Morgan fingerprint density at radius 3 is 2.11 bits per heavy atom. The van der Waals surface area contributed by atoms with Crippen LogP contribution in [-0.2, 0) is 6.42 Å². The highest BCUT2D eigenvalue weighted by molar-refractivity contribution is 6.06. The van der Waals surface area contributed by atoms with Crippen LogP contribution >= 0.6 is 0 Å². The first kappa shape index (κ1) is 26.1. The molecule has 6 aromatic carbocycles. The van der Waals surface area contributed by atoms with Gasteiger partial charge in [0.2, 0.25) is 0 Å². The molecule has 2 aliphatic rings. The largest absolute Gasteiger partial charge is 0.456 e. The first-order valence-corrected chi connectivity index (χ1v) is 16.0. The van der Waals surface area contributed by atoms with Gasteiger partial charge >= 0.3 is 0 Å². The smallest absolute Gasteiger partial charge is 0.172 e. The lowest BCUT2D eigenvalue weighted by atomic mass is 10.0. The number of hydrogen-bond donors (Lipinski definition) is 0. The van der Waals surface area contributed by atoms with E-state index in [0.29, 0.717) is 23.0 Å². The van der Waals surface area contributed by atoms with Crippen molar-refractivity contribution >= 4 is 56.0 Å². The van der Waals surface area contributed by atoms with Gasteiger partial charge in [-0.15, -0.1) is 0 Å². The molecular formula is C42H28N2O3. The Morgan fingerprint density at radius 1 is 0.532 bits per heavy atom. The zero-order valence-electron chi connectivity index (χ0n) is 25.4. The van der Waals surface area contributed by atoms with Gasteiger partial charge in [-0.3, -0.25) is 0 Å². The SMILES string of the molecule is C1=Cc2c(n(-c3ccccc3)c3ccc(N(c4ccc5c(c4)Oc4ccccc4O5)c4ccc5c(c4)oc4ccccc45)cc23)CC1. The molecule has 47 heavy (non-hydrogen) atoms. The molecule has 2 aromatic heterocycles. The molecule has 224 valence electrons. The van der Waals surface area contributed by atoms with Crippen LogP contribution in [0.25, 0.3) is 44.6 Å². The normalized spacial score (nSPS) is 13.2. The van der Waals surface area contributed by atoms with Crippen molar-refractivity contribution in [3.8, 4) is 28.7 Å². The molecule has 0 saturated carbocycles. The highest BCUT2D eigenvalue weighted by atomic mass is 16.6. The summed E-state index contributed by atoms with van der Waals surface area (Å²) in [5.41, 5.74) is 9.71. The second kappa shape index (κ2) is 10.2. The Labute approximate surface area is 271 Å². The van der Waals surface area contributed by atoms with Gasteiger partial charge in [0.15, 0.2) is 23.0 Å². The molecule has 1 aliphatic carbocycles. The molecule has 0 amide bonds. The summed E-state index contributed by atoms with van der Waals surface area (Å²) < 4.78 is 21.4. The molecule has 5 nitrogen and oxygen atoms in total. The van der Waals surface area contributed by atoms with Crippen LogP contribution in [0.5, 0.6) is 23.0 Å². The number of anilines is 3. The fraction of sp³-hybridized carbons (Fsp3) is 0.0476. The van der Waals surface area contributed by atoms with Gasteiger partial charge in [0, 0.05) is 56.6 Å². The van der Waals surface area contributed by atoms with Crippen molar-refractivity contribution in [3.63, 3.8) is 0 Å². The van der Waals surface area contributed by atoms with E-state index in [0.717, 1.165) is 51.8 Å². The van der Waals surface area contributed by atoms with Gasteiger partial charge < -0.3 is 23.4 Å². The van der Waals surface area contributed by atoms with Crippen molar-refractivity contribution in [2.75, 3.05) is 4.90 Å². The summed E-state index contributed by atoms with van der Waals surface area (Å²) in [6.07, 6.45) is 6.61. The maximum Gasteiger partial charge on any atom is 0.172 e. The topological polar surface area (TPSA) is 39.8 Å². The summed E-state index contributed by atoms with van der Waals surface area (Å²) in [7, 11) is 0. The molecule has 8 aromatic rings. The van der Waals surface area contributed by atoms with Crippen LogP contribution in [0.1, 0.15) is 17.7 Å². The maximum atomic E-state index is 6.36. The summed E-state index contributed by atoms with van der Waals surface area (Å²) in [6, 6.07) is 46.0. The lowest BCUT2D eigenvalue weighted by Gasteiger charge is -2.28. The van der Waals surface area contributed by atoms with E-state index >= 15 is 0 Å². The van der Waals surface area contributed by atoms with E-state index in [1.807, 2.05) is 42.5 Å². The predicted octanol–water partition coefficient (Wildman–Crippen LogP) is 11.9. The van der Waals surface area contributed by atoms with Gasteiger partial charge in [0.05, 0.1) is 11.2 Å². The van der Waals surface area contributed by atoms with Crippen molar-refractivity contribution in [1.82, 2.24) is 4.57 Å². The molecule has 0 spiro atoms. The molecule has 0 atom stereocenters. The Hall–Kier alpha value is -6.20. The molecule has 3 heterocycles.